The van der Waals surface area contributed by atoms with Crippen LogP contribution in [0.25, 0.3) is 0 Å². The first-order valence-corrected chi connectivity index (χ1v) is 7.88. The van der Waals surface area contributed by atoms with Gasteiger partial charge >= 0.3 is 0 Å². The monoisotopic (exact) mass is 276 g/mol. The van der Waals surface area contributed by atoms with Crippen molar-refractivity contribution in [2.45, 2.75) is 52.2 Å². The molecule has 112 valence electrons. The van der Waals surface area contributed by atoms with E-state index in [1.165, 1.54) is 24.0 Å². The molecule has 0 bridgehead atoms. The lowest BCUT2D eigenvalue weighted by atomic mass is 10.1. The molecule has 1 aromatic carbocycles. The van der Waals surface area contributed by atoms with Gasteiger partial charge in [-0.15, -0.1) is 0 Å². The molecule has 0 aromatic heterocycles. The molecular weight excluding hydrogens is 248 g/mol. The molecule has 3 nitrogen and oxygen atoms in total. The van der Waals surface area contributed by atoms with Gasteiger partial charge in [-0.25, -0.2) is 0 Å². The zero-order chi connectivity index (χ0) is 14.5. The molecule has 20 heavy (non-hydrogen) atoms. The van der Waals surface area contributed by atoms with Crippen molar-refractivity contribution < 1.29 is 4.74 Å². The summed E-state index contributed by atoms with van der Waals surface area (Å²) in [4.78, 5) is 2.50. The minimum absolute atomic E-state index is 0.277. The molecule has 0 fully saturated rings. The third kappa shape index (κ3) is 3.53. The molecule has 1 aromatic rings. The molecule has 1 heterocycles. The molecule has 0 aliphatic carbocycles. The standard InChI is InChI=1S/C17H28N2O/c1-4-15(5-2)19(9-8-18)12-16-11-14-10-13(3)6-7-17(14)20-16/h6-7,10,15-16H,4-5,8-9,11-12,18H2,1-3H3. The van der Waals surface area contributed by atoms with E-state index in [2.05, 4.69) is 43.9 Å². The van der Waals surface area contributed by atoms with Gasteiger partial charge in [0.2, 0.25) is 0 Å². The highest BCUT2D eigenvalue weighted by Crippen LogP contribution is 2.30. The van der Waals surface area contributed by atoms with Crippen molar-refractivity contribution in [1.29, 1.82) is 0 Å². The molecule has 0 amide bonds. The summed E-state index contributed by atoms with van der Waals surface area (Å²) >= 11 is 0. The van der Waals surface area contributed by atoms with Gasteiger partial charge in [0.25, 0.3) is 0 Å². The first-order chi connectivity index (χ1) is 9.67. The molecule has 1 aliphatic rings. The highest BCUT2D eigenvalue weighted by atomic mass is 16.5. The van der Waals surface area contributed by atoms with Crippen LogP contribution in [0.1, 0.15) is 37.8 Å². The second-order valence-corrected chi connectivity index (χ2v) is 5.81. The number of fused-ring (bicyclic) bond motifs is 1. The van der Waals surface area contributed by atoms with Crippen LogP contribution < -0.4 is 10.5 Å². The maximum atomic E-state index is 6.10. The Labute approximate surface area is 123 Å². The number of nitrogens with zero attached hydrogens (tertiary/aromatic N) is 1. The van der Waals surface area contributed by atoms with E-state index in [4.69, 9.17) is 10.5 Å². The van der Waals surface area contributed by atoms with E-state index in [-0.39, 0.29) is 6.10 Å². The zero-order valence-electron chi connectivity index (χ0n) is 13.1. The summed E-state index contributed by atoms with van der Waals surface area (Å²) in [5.74, 6) is 1.07. The summed E-state index contributed by atoms with van der Waals surface area (Å²) in [5, 5.41) is 0. The van der Waals surface area contributed by atoms with Crippen LogP contribution in [0.3, 0.4) is 0 Å². The van der Waals surface area contributed by atoms with Crippen LogP contribution >= 0.6 is 0 Å². The van der Waals surface area contributed by atoms with Gasteiger partial charge in [0, 0.05) is 32.1 Å². The predicted octanol–water partition coefficient (Wildman–Crippen LogP) is 2.75. The van der Waals surface area contributed by atoms with Crippen molar-refractivity contribution in [3.8, 4) is 5.75 Å². The average molecular weight is 276 g/mol. The number of rotatable bonds is 7. The summed E-state index contributed by atoms with van der Waals surface area (Å²) in [7, 11) is 0. The van der Waals surface area contributed by atoms with Crippen LogP contribution in [0.5, 0.6) is 5.75 Å². The maximum Gasteiger partial charge on any atom is 0.123 e. The molecular formula is C17H28N2O. The topological polar surface area (TPSA) is 38.5 Å². The van der Waals surface area contributed by atoms with E-state index in [9.17, 15) is 0 Å². The largest absolute Gasteiger partial charge is 0.488 e. The van der Waals surface area contributed by atoms with Crippen molar-refractivity contribution in [2.75, 3.05) is 19.6 Å². The first kappa shape index (κ1) is 15.3. The Hall–Kier alpha value is -1.06. The average Bonchev–Trinajstić information content (AvgIpc) is 2.81. The Balaban J connectivity index is 1.99. The second kappa shape index (κ2) is 7.09. The molecule has 1 aliphatic heterocycles. The molecule has 2 N–H and O–H groups in total. The molecule has 0 saturated heterocycles. The number of nitrogens with two attached hydrogens (primary N) is 1. The minimum Gasteiger partial charge on any atom is -0.488 e. The van der Waals surface area contributed by atoms with Crippen molar-refractivity contribution in [3.05, 3.63) is 29.3 Å². The van der Waals surface area contributed by atoms with Crippen molar-refractivity contribution in [3.63, 3.8) is 0 Å². The molecule has 1 unspecified atom stereocenters. The third-order valence-electron chi connectivity index (χ3n) is 4.27. The van der Waals surface area contributed by atoms with Gasteiger partial charge in [-0.1, -0.05) is 31.5 Å². The molecule has 3 heteroatoms. The SMILES string of the molecule is CCC(CC)N(CCN)CC1Cc2cc(C)ccc2O1. The Morgan fingerprint density at radius 1 is 1.35 bits per heavy atom. The van der Waals surface area contributed by atoms with Gasteiger partial charge in [0.05, 0.1) is 0 Å². The highest BCUT2D eigenvalue weighted by molar-refractivity contribution is 5.40. The maximum absolute atomic E-state index is 6.10. The van der Waals surface area contributed by atoms with Gasteiger partial charge in [0.1, 0.15) is 11.9 Å². The number of hydrogen-bond donors (Lipinski definition) is 1. The summed E-state index contributed by atoms with van der Waals surface area (Å²) in [5.41, 5.74) is 8.44. The van der Waals surface area contributed by atoms with Crippen LogP contribution in [0, 0.1) is 6.92 Å². The Morgan fingerprint density at radius 3 is 2.75 bits per heavy atom. The van der Waals surface area contributed by atoms with E-state index in [1.54, 1.807) is 0 Å². The van der Waals surface area contributed by atoms with Crippen molar-refractivity contribution in [2.24, 2.45) is 5.73 Å². The van der Waals surface area contributed by atoms with E-state index in [1.807, 2.05) is 0 Å². The fraction of sp³-hybridized carbons (Fsp3) is 0.647. The number of aryl methyl sites for hydroxylation is 1. The Bertz CT molecular complexity index is 429. The van der Waals surface area contributed by atoms with Crippen molar-refractivity contribution in [1.82, 2.24) is 4.90 Å². The van der Waals surface area contributed by atoms with Gasteiger partial charge < -0.3 is 10.5 Å². The summed E-state index contributed by atoms with van der Waals surface area (Å²) in [6.45, 7) is 9.31. The Kier molecular flexibility index (Phi) is 5.44. The second-order valence-electron chi connectivity index (χ2n) is 5.81. The van der Waals surface area contributed by atoms with E-state index in [0.29, 0.717) is 6.04 Å². The molecule has 1 atom stereocenters. The summed E-state index contributed by atoms with van der Waals surface area (Å²) in [6.07, 6.45) is 3.65. The minimum atomic E-state index is 0.277. The molecule has 0 radical (unpaired) electrons. The Morgan fingerprint density at radius 2 is 2.10 bits per heavy atom. The lowest BCUT2D eigenvalue weighted by molar-refractivity contribution is 0.114. The van der Waals surface area contributed by atoms with Gasteiger partial charge in [-0.2, -0.15) is 0 Å². The van der Waals surface area contributed by atoms with E-state index in [0.717, 1.165) is 31.8 Å². The highest BCUT2D eigenvalue weighted by Gasteiger charge is 2.26. The number of ether oxygens (including phenoxy) is 1. The quantitative estimate of drug-likeness (QED) is 0.832. The van der Waals surface area contributed by atoms with E-state index >= 15 is 0 Å². The van der Waals surface area contributed by atoms with Gasteiger partial charge in [-0.05, 0) is 31.4 Å². The van der Waals surface area contributed by atoms with Crippen LogP contribution in [0.4, 0.5) is 0 Å². The summed E-state index contributed by atoms with van der Waals surface area (Å²) < 4.78 is 6.10. The molecule has 0 saturated carbocycles. The van der Waals surface area contributed by atoms with Crippen LogP contribution in [-0.4, -0.2) is 36.7 Å². The fourth-order valence-corrected chi connectivity index (χ4v) is 3.21. The smallest absolute Gasteiger partial charge is 0.123 e. The first-order valence-electron chi connectivity index (χ1n) is 7.88. The van der Waals surface area contributed by atoms with Crippen LogP contribution in [-0.2, 0) is 6.42 Å². The number of benzene rings is 1. The number of hydrogen-bond acceptors (Lipinski definition) is 3. The van der Waals surface area contributed by atoms with E-state index < -0.39 is 0 Å². The van der Waals surface area contributed by atoms with Gasteiger partial charge in [0.15, 0.2) is 0 Å². The third-order valence-corrected chi connectivity index (χ3v) is 4.27. The van der Waals surface area contributed by atoms with Crippen LogP contribution in [0.2, 0.25) is 0 Å². The van der Waals surface area contributed by atoms with Crippen molar-refractivity contribution >= 4 is 0 Å². The van der Waals surface area contributed by atoms with Gasteiger partial charge in [-0.3, -0.25) is 4.90 Å². The lowest BCUT2D eigenvalue weighted by Gasteiger charge is -2.31. The zero-order valence-corrected chi connectivity index (χ0v) is 13.1. The molecule has 0 spiro atoms. The normalized spacial score (nSPS) is 17.6. The fourth-order valence-electron chi connectivity index (χ4n) is 3.21. The lowest BCUT2D eigenvalue weighted by Crippen LogP contribution is -2.44. The summed E-state index contributed by atoms with van der Waals surface area (Å²) in [6, 6.07) is 7.10. The molecule has 2 rings (SSSR count). The van der Waals surface area contributed by atoms with Crippen LogP contribution in [0.15, 0.2) is 18.2 Å². The predicted molar refractivity (Wildman–Crippen MR) is 84.3 cm³/mol.